The molecule has 2 N–H and O–H groups in total. The highest BCUT2D eigenvalue weighted by atomic mass is 16.5. The van der Waals surface area contributed by atoms with Gasteiger partial charge in [-0.1, -0.05) is 6.92 Å². The van der Waals surface area contributed by atoms with Crippen molar-refractivity contribution in [3.8, 4) is 0 Å². The van der Waals surface area contributed by atoms with Crippen LogP contribution in [-0.2, 0) is 14.3 Å². The summed E-state index contributed by atoms with van der Waals surface area (Å²) in [5.74, 6) is -0.508. The highest BCUT2D eigenvalue weighted by molar-refractivity contribution is 5.81. The second-order valence-corrected chi connectivity index (χ2v) is 4.94. The largest absolute Gasteiger partial charge is 0.469 e. The lowest BCUT2D eigenvalue weighted by molar-refractivity contribution is -0.145. The second kappa shape index (κ2) is 6.59. The molecule has 0 aromatic heterocycles. The third kappa shape index (κ3) is 4.73. The van der Waals surface area contributed by atoms with Crippen LogP contribution in [0.1, 0.15) is 27.7 Å². The summed E-state index contributed by atoms with van der Waals surface area (Å²) in [6.45, 7) is 7.93. The first-order valence-electron chi connectivity index (χ1n) is 5.79. The van der Waals surface area contributed by atoms with E-state index in [1.807, 2.05) is 20.8 Å². The van der Waals surface area contributed by atoms with Gasteiger partial charge in [-0.2, -0.15) is 0 Å². The van der Waals surface area contributed by atoms with E-state index in [2.05, 4.69) is 15.4 Å². The molecule has 1 amide bonds. The van der Waals surface area contributed by atoms with Crippen molar-refractivity contribution in [3.63, 3.8) is 0 Å². The molecular weight excluding hydrogens is 220 g/mol. The first-order chi connectivity index (χ1) is 7.76. The van der Waals surface area contributed by atoms with Crippen LogP contribution >= 0.6 is 0 Å². The molecule has 0 fully saturated rings. The van der Waals surface area contributed by atoms with Crippen LogP contribution in [0.25, 0.3) is 0 Å². The highest BCUT2D eigenvalue weighted by Crippen LogP contribution is 2.14. The fourth-order valence-corrected chi connectivity index (χ4v) is 1.40. The first-order valence-corrected chi connectivity index (χ1v) is 5.79. The molecule has 0 rings (SSSR count). The van der Waals surface area contributed by atoms with Gasteiger partial charge in [0, 0.05) is 19.6 Å². The molecule has 0 saturated carbocycles. The predicted molar refractivity (Wildman–Crippen MR) is 66.5 cm³/mol. The van der Waals surface area contributed by atoms with Gasteiger partial charge in [-0.25, -0.2) is 0 Å². The van der Waals surface area contributed by atoms with E-state index in [0.717, 1.165) is 0 Å². The van der Waals surface area contributed by atoms with Gasteiger partial charge < -0.3 is 15.4 Å². The Bertz CT molecular complexity index is 277. The Morgan fingerprint density at radius 3 is 2.24 bits per heavy atom. The minimum absolute atomic E-state index is 0.0251. The fourth-order valence-electron chi connectivity index (χ4n) is 1.40. The molecule has 5 heteroatoms. The number of carbonyl (C=O) groups is 2. The molecule has 5 nitrogen and oxygen atoms in total. The van der Waals surface area contributed by atoms with Crippen molar-refractivity contribution in [2.45, 2.75) is 33.7 Å². The van der Waals surface area contributed by atoms with E-state index in [1.165, 1.54) is 7.11 Å². The molecule has 0 aliphatic carbocycles. The smallest absolute Gasteiger partial charge is 0.309 e. The molecule has 17 heavy (non-hydrogen) atoms. The van der Waals surface area contributed by atoms with Crippen LogP contribution in [0.3, 0.4) is 0 Å². The number of nitrogens with one attached hydrogen (secondary N) is 2. The van der Waals surface area contributed by atoms with E-state index in [-0.39, 0.29) is 23.8 Å². The summed E-state index contributed by atoms with van der Waals surface area (Å²) >= 11 is 0. The van der Waals surface area contributed by atoms with Crippen LogP contribution in [0.5, 0.6) is 0 Å². The van der Waals surface area contributed by atoms with Crippen LogP contribution in [-0.4, -0.2) is 38.6 Å². The molecule has 0 saturated heterocycles. The topological polar surface area (TPSA) is 67.4 Å². The molecule has 0 aromatic carbocycles. The lowest BCUT2D eigenvalue weighted by atomic mass is 9.91. The summed E-state index contributed by atoms with van der Waals surface area (Å²) < 4.78 is 4.68. The maximum Gasteiger partial charge on any atom is 0.309 e. The van der Waals surface area contributed by atoms with Crippen molar-refractivity contribution in [2.24, 2.45) is 11.3 Å². The second-order valence-electron chi connectivity index (χ2n) is 4.94. The Labute approximate surface area is 103 Å². The average molecular weight is 244 g/mol. The number of amides is 1. The van der Waals surface area contributed by atoms with Gasteiger partial charge in [-0.15, -0.1) is 0 Å². The summed E-state index contributed by atoms with van der Waals surface area (Å²) in [4.78, 5) is 22.9. The summed E-state index contributed by atoms with van der Waals surface area (Å²) in [7, 11) is 2.99. The Hall–Kier alpha value is -1.10. The molecule has 100 valence electrons. The molecule has 0 heterocycles. The van der Waals surface area contributed by atoms with Gasteiger partial charge >= 0.3 is 5.97 Å². The van der Waals surface area contributed by atoms with Crippen LogP contribution in [0.2, 0.25) is 0 Å². The normalized spacial score (nSPS) is 14.9. The lowest BCUT2D eigenvalue weighted by Gasteiger charge is -2.27. The maximum absolute atomic E-state index is 11.6. The number of carbonyl (C=O) groups excluding carboxylic acids is 2. The van der Waals surface area contributed by atoms with E-state index in [9.17, 15) is 9.59 Å². The number of methoxy groups -OCH3 is 1. The summed E-state index contributed by atoms with van der Waals surface area (Å²) in [5.41, 5.74) is -0.501. The van der Waals surface area contributed by atoms with E-state index in [0.29, 0.717) is 6.54 Å². The van der Waals surface area contributed by atoms with Crippen molar-refractivity contribution in [3.05, 3.63) is 0 Å². The third-order valence-electron chi connectivity index (χ3n) is 3.03. The number of ether oxygens (including phenoxy) is 1. The van der Waals surface area contributed by atoms with Gasteiger partial charge in [-0.3, -0.25) is 9.59 Å². The molecule has 0 aliphatic heterocycles. The van der Waals surface area contributed by atoms with Gasteiger partial charge in [-0.05, 0) is 20.8 Å². The zero-order valence-electron chi connectivity index (χ0n) is 11.6. The van der Waals surface area contributed by atoms with Crippen molar-refractivity contribution < 1.29 is 14.3 Å². The minimum atomic E-state index is -0.501. The van der Waals surface area contributed by atoms with E-state index < -0.39 is 5.41 Å². The SMILES string of the molecule is CNC(=O)C(C)(C)CNC(C)C(C)C(=O)OC. The predicted octanol–water partition coefficient (Wildman–Crippen LogP) is 0.546. The summed E-state index contributed by atoms with van der Waals surface area (Å²) in [5, 5.41) is 5.81. The fraction of sp³-hybridized carbons (Fsp3) is 0.833. The Balaban J connectivity index is 4.28. The Morgan fingerprint density at radius 1 is 1.29 bits per heavy atom. The van der Waals surface area contributed by atoms with Crippen LogP contribution < -0.4 is 10.6 Å². The number of hydrogen-bond donors (Lipinski definition) is 2. The quantitative estimate of drug-likeness (QED) is 0.669. The van der Waals surface area contributed by atoms with Crippen molar-refractivity contribution in [1.29, 1.82) is 0 Å². The Morgan fingerprint density at radius 2 is 1.82 bits per heavy atom. The molecule has 2 atom stereocenters. The summed E-state index contributed by atoms with van der Waals surface area (Å²) in [6.07, 6.45) is 0. The molecule has 0 radical (unpaired) electrons. The summed E-state index contributed by atoms with van der Waals surface area (Å²) in [6, 6.07) is -0.0358. The van der Waals surface area contributed by atoms with Gasteiger partial charge in [0.1, 0.15) is 0 Å². The van der Waals surface area contributed by atoms with Gasteiger partial charge in [0.05, 0.1) is 18.4 Å². The monoisotopic (exact) mass is 244 g/mol. The maximum atomic E-state index is 11.6. The van der Waals surface area contributed by atoms with Gasteiger partial charge in [0.15, 0.2) is 0 Å². The number of rotatable bonds is 6. The first kappa shape index (κ1) is 15.9. The Kier molecular flexibility index (Phi) is 6.16. The third-order valence-corrected chi connectivity index (χ3v) is 3.03. The molecule has 0 spiro atoms. The van der Waals surface area contributed by atoms with Crippen molar-refractivity contribution in [1.82, 2.24) is 10.6 Å². The molecular formula is C12H24N2O3. The average Bonchev–Trinajstić information content (AvgIpc) is 2.32. The van der Waals surface area contributed by atoms with E-state index >= 15 is 0 Å². The van der Waals surface area contributed by atoms with Gasteiger partial charge in [0.25, 0.3) is 0 Å². The zero-order chi connectivity index (χ0) is 13.6. The minimum Gasteiger partial charge on any atom is -0.469 e. The van der Waals surface area contributed by atoms with Gasteiger partial charge in [0.2, 0.25) is 5.91 Å². The van der Waals surface area contributed by atoms with Crippen molar-refractivity contribution >= 4 is 11.9 Å². The van der Waals surface area contributed by atoms with Crippen LogP contribution in [0.15, 0.2) is 0 Å². The van der Waals surface area contributed by atoms with Crippen LogP contribution in [0.4, 0.5) is 0 Å². The standard InChI is InChI=1S/C12H24N2O3/c1-8(10(15)17-6)9(2)14-7-12(3,4)11(16)13-5/h8-9,14H,7H2,1-6H3,(H,13,16). The molecule has 0 aromatic rings. The zero-order valence-corrected chi connectivity index (χ0v) is 11.6. The number of hydrogen-bond acceptors (Lipinski definition) is 4. The molecule has 0 aliphatic rings. The van der Waals surface area contributed by atoms with E-state index in [4.69, 9.17) is 0 Å². The van der Waals surface area contributed by atoms with E-state index in [1.54, 1.807) is 14.0 Å². The number of esters is 1. The highest BCUT2D eigenvalue weighted by Gasteiger charge is 2.28. The molecule has 0 bridgehead atoms. The van der Waals surface area contributed by atoms with Crippen LogP contribution in [0, 0.1) is 11.3 Å². The lowest BCUT2D eigenvalue weighted by Crippen LogP contribution is -2.46. The molecule has 2 unspecified atom stereocenters. The van der Waals surface area contributed by atoms with Crippen molar-refractivity contribution in [2.75, 3.05) is 20.7 Å².